The SMILES string of the molecule is CCOc1ccc(N(CC(=O)Nc2ccccc2C(=O)NC[C@@H]2CCCO2)S(=O)(=O)c2ccc(C)cc2)cc1. The summed E-state index contributed by atoms with van der Waals surface area (Å²) in [5.74, 6) is -0.364. The minimum absolute atomic E-state index is 0.0228. The van der Waals surface area contributed by atoms with Gasteiger partial charge in [-0.3, -0.25) is 13.9 Å². The van der Waals surface area contributed by atoms with Crippen LogP contribution in [0.5, 0.6) is 5.75 Å². The Hall–Kier alpha value is -3.89. The van der Waals surface area contributed by atoms with Gasteiger partial charge in [0.25, 0.3) is 15.9 Å². The summed E-state index contributed by atoms with van der Waals surface area (Å²) in [7, 11) is -4.09. The standard InChI is InChI=1S/C29H33N3O6S/c1-3-37-23-14-12-22(13-15-23)32(39(35,36)25-16-10-21(2)11-17-25)20-28(33)31-27-9-5-4-8-26(27)29(34)30-19-24-7-6-18-38-24/h4-5,8-17,24H,3,6-7,18-20H2,1-2H3,(H,30,34)(H,31,33)/t24-/m0/s1. The van der Waals surface area contributed by atoms with Crippen molar-refractivity contribution in [2.45, 2.75) is 37.7 Å². The van der Waals surface area contributed by atoms with Gasteiger partial charge in [-0.15, -0.1) is 0 Å². The van der Waals surface area contributed by atoms with Crippen molar-refractivity contribution in [2.24, 2.45) is 0 Å². The zero-order chi connectivity index (χ0) is 27.8. The molecule has 9 nitrogen and oxygen atoms in total. The van der Waals surface area contributed by atoms with E-state index in [0.29, 0.717) is 31.2 Å². The lowest BCUT2D eigenvalue weighted by Crippen LogP contribution is -2.38. The molecular formula is C29H33N3O6S. The molecule has 39 heavy (non-hydrogen) atoms. The summed E-state index contributed by atoms with van der Waals surface area (Å²) >= 11 is 0. The highest BCUT2D eigenvalue weighted by molar-refractivity contribution is 7.92. The second-order valence-corrected chi connectivity index (χ2v) is 11.1. The molecule has 0 radical (unpaired) electrons. The average Bonchev–Trinajstić information content (AvgIpc) is 3.45. The van der Waals surface area contributed by atoms with Crippen LogP contribution in [-0.4, -0.2) is 52.6 Å². The molecule has 0 unspecified atom stereocenters. The van der Waals surface area contributed by atoms with Gasteiger partial charge >= 0.3 is 0 Å². The third kappa shape index (κ3) is 7.15. The van der Waals surface area contributed by atoms with E-state index in [0.717, 1.165) is 22.7 Å². The van der Waals surface area contributed by atoms with Gasteiger partial charge < -0.3 is 20.1 Å². The lowest BCUT2D eigenvalue weighted by atomic mass is 10.1. The van der Waals surface area contributed by atoms with E-state index < -0.39 is 22.5 Å². The Kier molecular flexibility index (Phi) is 9.21. The summed E-state index contributed by atoms with van der Waals surface area (Å²) in [5.41, 5.74) is 1.77. The zero-order valence-electron chi connectivity index (χ0n) is 22.1. The first kappa shape index (κ1) is 28.1. The van der Waals surface area contributed by atoms with Crippen molar-refractivity contribution in [1.82, 2.24) is 5.32 Å². The van der Waals surface area contributed by atoms with E-state index in [9.17, 15) is 18.0 Å². The molecule has 1 saturated heterocycles. The number of anilines is 2. The number of carbonyl (C=O) groups is 2. The second kappa shape index (κ2) is 12.8. The van der Waals surface area contributed by atoms with Gasteiger partial charge in [0.1, 0.15) is 12.3 Å². The first-order chi connectivity index (χ1) is 18.8. The van der Waals surface area contributed by atoms with Gasteiger partial charge in [0.15, 0.2) is 0 Å². The van der Waals surface area contributed by atoms with E-state index in [4.69, 9.17) is 9.47 Å². The lowest BCUT2D eigenvalue weighted by molar-refractivity contribution is -0.114. The number of nitrogens with one attached hydrogen (secondary N) is 2. The smallest absolute Gasteiger partial charge is 0.264 e. The Balaban J connectivity index is 1.56. The molecule has 2 amide bonds. The number of carbonyl (C=O) groups excluding carboxylic acids is 2. The van der Waals surface area contributed by atoms with Crippen LogP contribution < -0.4 is 19.7 Å². The van der Waals surface area contributed by atoms with Crippen LogP contribution >= 0.6 is 0 Å². The molecular weight excluding hydrogens is 518 g/mol. The lowest BCUT2D eigenvalue weighted by Gasteiger charge is -2.24. The molecule has 0 saturated carbocycles. The molecule has 2 N–H and O–H groups in total. The topological polar surface area (TPSA) is 114 Å². The molecule has 0 bridgehead atoms. The van der Waals surface area contributed by atoms with Crippen LogP contribution in [0, 0.1) is 6.92 Å². The number of hydrogen-bond acceptors (Lipinski definition) is 6. The minimum atomic E-state index is -4.09. The predicted molar refractivity (Wildman–Crippen MR) is 150 cm³/mol. The highest BCUT2D eigenvalue weighted by atomic mass is 32.2. The molecule has 0 aromatic heterocycles. The minimum Gasteiger partial charge on any atom is -0.494 e. The van der Waals surface area contributed by atoms with Crippen molar-refractivity contribution < 1.29 is 27.5 Å². The average molecular weight is 552 g/mol. The Morgan fingerprint density at radius 1 is 1.03 bits per heavy atom. The van der Waals surface area contributed by atoms with Crippen LogP contribution in [0.1, 0.15) is 35.7 Å². The number of hydrogen-bond donors (Lipinski definition) is 2. The summed E-state index contributed by atoms with van der Waals surface area (Å²) in [5, 5.41) is 5.58. The first-order valence-electron chi connectivity index (χ1n) is 12.9. The molecule has 4 rings (SSSR count). The van der Waals surface area contributed by atoms with Gasteiger partial charge in [-0.25, -0.2) is 8.42 Å². The summed E-state index contributed by atoms with van der Waals surface area (Å²) in [4.78, 5) is 26.2. The molecule has 1 fully saturated rings. The number of amides is 2. The first-order valence-corrected chi connectivity index (χ1v) is 14.3. The Morgan fingerprint density at radius 2 is 1.74 bits per heavy atom. The Labute approximate surface area is 229 Å². The quantitative estimate of drug-likeness (QED) is 0.370. The van der Waals surface area contributed by atoms with Crippen LogP contribution in [0.15, 0.2) is 77.7 Å². The van der Waals surface area contributed by atoms with Crippen molar-refractivity contribution >= 4 is 33.2 Å². The molecule has 1 atom stereocenters. The third-order valence-electron chi connectivity index (χ3n) is 6.29. The molecule has 3 aromatic carbocycles. The maximum Gasteiger partial charge on any atom is 0.264 e. The van der Waals surface area contributed by atoms with E-state index in [1.165, 1.54) is 12.1 Å². The van der Waals surface area contributed by atoms with Crippen molar-refractivity contribution in [3.63, 3.8) is 0 Å². The van der Waals surface area contributed by atoms with Gasteiger partial charge in [0.05, 0.1) is 34.5 Å². The fraction of sp³-hybridized carbons (Fsp3) is 0.310. The number of nitrogens with zero attached hydrogens (tertiary/aromatic N) is 1. The summed E-state index contributed by atoms with van der Waals surface area (Å²) in [6.07, 6.45) is 1.82. The van der Waals surface area contributed by atoms with Crippen molar-refractivity contribution in [1.29, 1.82) is 0 Å². The van der Waals surface area contributed by atoms with E-state index in [-0.39, 0.29) is 28.2 Å². The monoisotopic (exact) mass is 551 g/mol. The van der Waals surface area contributed by atoms with Crippen LogP contribution in [0.2, 0.25) is 0 Å². The van der Waals surface area contributed by atoms with Crippen LogP contribution in [0.3, 0.4) is 0 Å². The normalized spacial score (nSPS) is 15.0. The van der Waals surface area contributed by atoms with Crippen molar-refractivity contribution in [2.75, 3.05) is 35.9 Å². The highest BCUT2D eigenvalue weighted by Crippen LogP contribution is 2.26. The number of benzene rings is 3. The van der Waals surface area contributed by atoms with Crippen molar-refractivity contribution in [3.8, 4) is 5.75 Å². The van der Waals surface area contributed by atoms with Gasteiger partial charge in [0, 0.05) is 13.2 Å². The van der Waals surface area contributed by atoms with Gasteiger partial charge in [-0.05, 0) is 75.2 Å². The number of ether oxygens (including phenoxy) is 2. The molecule has 10 heteroatoms. The number of aryl methyl sites for hydroxylation is 1. The van der Waals surface area contributed by atoms with Crippen LogP contribution in [-0.2, 0) is 19.6 Å². The van der Waals surface area contributed by atoms with E-state index >= 15 is 0 Å². The molecule has 1 aliphatic heterocycles. The molecule has 206 valence electrons. The van der Waals surface area contributed by atoms with E-state index in [2.05, 4.69) is 10.6 Å². The fourth-order valence-corrected chi connectivity index (χ4v) is 5.67. The van der Waals surface area contributed by atoms with Crippen LogP contribution in [0.25, 0.3) is 0 Å². The summed E-state index contributed by atoms with van der Waals surface area (Å²) in [6.45, 7) is 4.74. The number of sulfonamides is 1. The molecule has 1 aliphatic rings. The predicted octanol–water partition coefficient (Wildman–Crippen LogP) is 4.14. The van der Waals surface area contributed by atoms with E-state index in [1.807, 2.05) is 13.8 Å². The summed E-state index contributed by atoms with van der Waals surface area (Å²) in [6, 6.07) is 19.5. The third-order valence-corrected chi connectivity index (χ3v) is 8.08. The largest absolute Gasteiger partial charge is 0.494 e. The van der Waals surface area contributed by atoms with Crippen molar-refractivity contribution in [3.05, 3.63) is 83.9 Å². The molecule has 0 spiro atoms. The number of para-hydroxylation sites is 1. The molecule has 0 aliphatic carbocycles. The maximum absolute atomic E-state index is 13.7. The van der Waals surface area contributed by atoms with Gasteiger partial charge in [-0.2, -0.15) is 0 Å². The number of rotatable bonds is 11. The Bertz CT molecular complexity index is 1390. The fourth-order valence-electron chi connectivity index (χ4n) is 4.25. The molecule has 1 heterocycles. The highest BCUT2D eigenvalue weighted by Gasteiger charge is 2.28. The Morgan fingerprint density at radius 3 is 2.41 bits per heavy atom. The van der Waals surface area contributed by atoms with Crippen LogP contribution in [0.4, 0.5) is 11.4 Å². The van der Waals surface area contributed by atoms with Gasteiger partial charge in [0.2, 0.25) is 5.91 Å². The molecule has 3 aromatic rings. The zero-order valence-corrected chi connectivity index (χ0v) is 22.9. The van der Waals surface area contributed by atoms with Gasteiger partial charge in [-0.1, -0.05) is 29.8 Å². The maximum atomic E-state index is 13.7. The van der Waals surface area contributed by atoms with E-state index in [1.54, 1.807) is 60.7 Å². The second-order valence-electron chi connectivity index (χ2n) is 9.19. The summed E-state index contributed by atoms with van der Waals surface area (Å²) < 4.78 is 39.4.